The van der Waals surface area contributed by atoms with Gasteiger partial charge in [-0.1, -0.05) is 0 Å². The molecule has 2 aromatic heterocycles. The molecule has 0 saturated carbocycles. The number of nitrogens with zero attached hydrogens (tertiary/aromatic N) is 2. The first-order valence-electron chi connectivity index (χ1n) is 9.57. The molecule has 0 aliphatic rings. The molecule has 0 fully saturated rings. The molecule has 0 aliphatic carbocycles. The maximum absolute atomic E-state index is 11.7. The fourth-order valence-corrected chi connectivity index (χ4v) is 5.43. The Morgan fingerprint density at radius 1 is 0.605 bits per heavy atom. The summed E-state index contributed by atoms with van der Waals surface area (Å²) in [5.74, 6) is -4.04. The summed E-state index contributed by atoms with van der Waals surface area (Å²) >= 11 is 0. The zero-order chi connectivity index (χ0) is 29.1. The van der Waals surface area contributed by atoms with Gasteiger partial charge in [-0.25, -0.2) is 33.7 Å². The molecule has 0 unspecified atom stereocenters. The minimum absolute atomic E-state index is 0. The van der Waals surface area contributed by atoms with E-state index >= 15 is 0 Å². The summed E-state index contributed by atoms with van der Waals surface area (Å²) in [5.41, 5.74) is -1.05. The van der Waals surface area contributed by atoms with Crippen LogP contribution in [0, 0.1) is 0 Å². The maximum Gasteiger partial charge on any atom is 1.00 e. The SMILES string of the molecule is COc1c(OS(=O)(=O)[O-])cc2c(ccn2S(=O)(=O)[O-])c1Oc1cc2ccn(S(=O)(=O)[O-])c2cc1OS(=O)(=O)[O-].[Na+].[Na+].[Na+].[Na+]. The predicted octanol–water partition coefficient (Wildman–Crippen LogP) is -12.3. The van der Waals surface area contributed by atoms with E-state index in [2.05, 4.69) is 8.37 Å². The first-order chi connectivity index (χ1) is 17.8. The zero-order valence-corrected chi connectivity index (χ0v) is 33.9. The number of benzene rings is 2. The third-order valence-corrected chi connectivity index (χ3v) is 7.20. The van der Waals surface area contributed by atoms with Crippen molar-refractivity contribution in [2.45, 2.75) is 0 Å². The summed E-state index contributed by atoms with van der Waals surface area (Å²) in [4.78, 5) is 0. The van der Waals surface area contributed by atoms with Crippen LogP contribution in [-0.4, -0.2) is 66.9 Å². The van der Waals surface area contributed by atoms with Crippen LogP contribution in [-0.2, 0) is 41.4 Å². The van der Waals surface area contributed by atoms with Crippen molar-refractivity contribution in [1.29, 1.82) is 0 Å². The van der Waals surface area contributed by atoms with Crippen molar-refractivity contribution in [2.24, 2.45) is 0 Å². The number of aromatic nitrogens is 2. The van der Waals surface area contributed by atoms with Crippen LogP contribution in [0.2, 0.25) is 0 Å². The molecule has 0 atom stereocenters. The van der Waals surface area contributed by atoms with Gasteiger partial charge in [0.15, 0.2) is 43.6 Å². The molecule has 0 amide bonds. The Bertz CT molecular complexity index is 2090. The van der Waals surface area contributed by atoms with Gasteiger partial charge in [0.1, 0.15) is 0 Å². The fourth-order valence-electron chi connectivity index (χ4n) is 3.52. The smallest absolute Gasteiger partial charge is 0.731 e. The second-order valence-electron chi connectivity index (χ2n) is 7.25. The molecule has 18 nitrogen and oxygen atoms in total. The minimum atomic E-state index is -5.57. The maximum atomic E-state index is 11.7. The molecule has 0 radical (unpaired) electrons. The van der Waals surface area contributed by atoms with Crippen molar-refractivity contribution in [3.8, 4) is 28.7 Å². The number of ether oxygens (including phenoxy) is 2. The summed E-state index contributed by atoms with van der Waals surface area (Å²) in [6.45, 7) is 0. The molecule has 2 heterocycles. The third-order valence-electron chi connectivity index (χ3n) is 4.83. The molecule has 43 heavy (non-hydrogen) atoms. The Labute approximate surface area is 332 Å². The molecule has 212 valence electrons. The second kappa shape index (κ2) is 15.5. The Balaban J connectivity index is 0.00000441. The average molecular weight is 718 g/mol. The topological polar surface area (TPSA) is 276 Å². The van der Waals surface area contributed by atoms with E-state index in [4.69, 9.17) is 9.47 Å². The Hall–Kier alpha value is 0.360. The van der Waals surface area contributed by atoms with Crippen molar-refractivity contribution in [1.82, 2.24) is 7.94 Å². The molecule has 0 saturated heterocycles. The molecule has 0 bridgehead atoms. The van der Waals surface area contributed by atoms with Gasteiger partial charge in [-0.05, 0) is 18.2 Å². The van der Waals surface area contributed by atoms with Crippen LogP contribution in [0.5, 0.6) is 28.7 Å². The largest absolute Gasteiger partial charge is 1.00 e. The van der Waals surface area contributed by atoms with Gasteiger partial charge >= 0.3 is 118 Å². The molecule has 0 spiro atoms. The van der Waals surface area contributed by atoms with Crippen LogP contribution in [0.25, 0.3) is 21.8 Å². The van der Waals surface area contributed by atoms with Crippen LogP contribution in [0.1, 0.15) is 0 Å². The Kier molecular flexibility index (Phi) is 15.6. The fraction of sp³-hybridized carbons (Fsp3) is 0.0588. The van der Waals surface area contributed by atoms with Crippen LogP contribution in [0.4, 0.5) is 0 Å². The summed E-state index contributed by atoms with van der Waals surface area (Å²) in [6, 6.07) is 4.22. The molecule has 0 aliphatic heterocycles. The second-order valence-corrected chi connectivity index (χ2v) is 11.7. The van der Waals surface area contributed by atoms with Crippen molar-refractivity contribution < 1.29 is 188 Å². The van der Waals surface area contributed by atoms with Crippen LogP contribution in [0.15, 0.2) is 42.7 Å². The van der Waals surface area contributed by atoms with E-state index in [1.54, 1.807) is 0 Å². The van der Waals surface area contributed by atoms with E-state index in [0.717, 1.165) is 37.7 Å². The van der Waals surface area contributed by atoms with Gasteiger partial charge in [-0.15, -0.1) is 0 Å². The van der Waals surface area contributed by atoms with Gasteiger partial charge in [-0.2, -0.15) is 0 Å². The first kappa shape index (κ1) is 43.4. The Morgan fingerprint density at radius 3 is 1.56 bits per heavy atom. The van der Waals surface area contributed by atoms with Crippen molar-refractivity contribution in [3.05, 3.63) is 42.7 Å². The van der Waals surface area contributed by atoms with Gasteiger partial charge in [0, 0.05) is 35.3 Å². The number of rotatable bonds is 9. The third kappa shape index (κ3) is 10.2. The molecule has 4 rings (SSSR count). The van der Waals surface area contributed by atoms with Gasteiger partial charge < -0.3 is 36.1 Å². The molecule has 2 aromatic carbocycles. The summed E-state index contributed by atoms with van der Waals surface area (Å²) in [7, 11) is -20.6. The van der Waals surface area contributed by atoms with E-state index in [9.17, 15) is 51.9 Å². The summed E-state index contributed by atoms with van der Waals surface area (Å²) in [6.07, 6.45) is 1.51. The van der Waals surface area contributed by atoms with E-state index in [1.165, 1.54) is 0 Å². The van der Waals surface area contributed by atoms with Crippen LogP contribution in [0.3, 0.4) is 0 Å². The van der Waals surface area contributed by atoms with E-state index in [1.807, 2.05) is 0 Å². The minimum Gasteiger partial charge on any atom is -0.731 e. The van der Waals surface area contributed by atoms with Crippen molar-refractivity contribution >= 4 is 63.2 Å². The standard InChI is InChI=1S/C17H14N2O16S4.4Na/c1-32-17-15(35-39(29,30)31)8-12-10(3-5-19(12)37(23,24)25)16(17)33-13-6-9-2-4-18(36(20,21)22)11(9)7-14(13)34-38(26,27)28;;;;/h2-8H,1H3,(H,20,21,22)(H,23,24,25)(H,26,27,28)(H,29,30,31);;;;/q;4*+1/p-4. The number of hydrogen-bond acceptors (Lipinski definition) is 16. The number of fused-ring (bicyclic) bond motifs is 2. The average Bonchev–Trinajstić information content (AvgIpc) is 3.35. The normalized spacial score (nSPS) is 11.8. The molecule has 26 heteroatoms. The summed E-state index contributed by atoms with van der Waals surface area (Å²) in [5, 5.41) is -0.401. The van der Waals surface area contributed by atoms with Crippen molar-refractivity contribution in [2.75, 3.05) is 7.11 Å². The molecular weight excluding hydrogens is 708 g/mol. The quantitative estimate of drug-likeness (QED) is 0.0882. The van der Waals surface area contributed by atoms with E-state index < -0.39 is 81.2 Å². The van der Waals surface area contributed by atoms with Crippen LogP contribution >= 0.6 is 0 Å². The van der Waals surface area contributed by atoms with Gasteiger partial charge in [0.05, 0.1) is 18.1 Å². The number of hydrogen-bond donors (Lipinski definition) is 0. The van der Waals surface area contributed by atoms with Gasteiger partial charge in [-0.3, -0.25) is 7.94 Å². The number of methoxy groups -OCH3 is 1. The van der Waals surface area contributed by atoms with E-state index in [-0.39, 0.29) is 137 Å². The van der Waals surface area contributed by atoms with Gasteiger partial charge in [0.25, 0.3) is 20.8 Å². The first-order valence-corrected chi connectivity index (χ1v) is 15.0. The summed E-state index contributed by atoms with van der Waals surface area (Å²) < 4.78 is 157. The Morgan fingerprint density at radius 2 is 1.07 bits per heavy atom. The predicted molar refractivity (Wildman–Crippen MR) is 121 cm³/mol. The molecule has 0 N–H and O–H groups in total. The van der Waals surface area contributed by atoms with Crippen molar-refractivity contribution in [3.63, 3.8) is 0 Å². The monoisotopic (exact) mass is 718 g/mol. The van der Waals surface area contributed by atoms with E-state index in [0.29, 0.717) is 12.1 Å². The zero-order valence-electron chi connectivity index (χ0n) is 22.6. The molecule has 4 aromatic rings. The molecular formula is C17H10N2Na4O16S4. The van der Waals surface area contributed by atoms with Crippen LogP contribution < -0.4 is 136 Å². The van der Waals surface area contributed by atoms with Gasteiger partial charge in [0.2, 0.25) is 5.75 Å².